The Kier molecular flexibility index (Phi) is 17.9. The van der Waals surface area contributed by atoms with E-state index in [1.165, 1.54) is 70.6 Å². The number of halogens is 1. The number of ether oxygens (including phenoxy) is 3. The fourth-order valence-electron chi connectivity index (χ4n) is 4.65. The lowest BCUT2D eigenvalue weighted by Gasteiger charge is -2.13. The molecule has 41 heavy (non-hydrogen) atoms. The Morgan fingerprint density at radius 1 is 0.854 bits per heavy atom. The molecule has 0 saturated carbocycles. The second-order valence-corrected chi connectivity index (χ2v) is 11.0. The summed E-state index contributed by atoms with van der Waals surface area (Å²) in [6, 6.07) is 13.2. The molecule has 8 heteroatoms. The van der Waals surface area contributed by atoms with E-state index in [-0.39, 0.29) is 29.5 Å². The number of rotatable bonds is 21. The first-order valence-corrected chi connectivity index (χ1v) is 15.9. The number of carbonyl (C=O) groups excluding carboxylic acids is 1. The van der Waals surface area contributed by atoms with Crippen molar-refractivity contribution in [2.24, 2.45) is 0 Å². The summed E-state index contributed by atoms with van der Waals surface area (Å²) in [5, 5.41) is 5.00. The second kappa shape index (κ2) is 21.2. The molecule has 0 aliphatic rings. The van der Waals surface area contributed by atoms with E-state index >= 15 is 0 Å². The zero-order valence-electron chi connectivity index (χ0n) is 24.7. The molecule has 0 fully saturated rings. The molecule has 0 unspecified atom stereocenters. The number of carbonyl (C=O) groups is 1. The highest BCUT2D eigenvalue weighted by Gasteiger charge is 2.12. The van der Waals surface area contributed by atoms with Crippen LogP contribution in [0.5, 0.6) is 17.2 Å². The molecule has 2 aromatic carbocycles. The van der Waals surface area contributed by atoms with Crippen molar-refractivity contribution in [2.75, 3.05) is 25.6 Å². The van der Waals surface area contributed by atoms with Gasteiger partial charge in [-0.3, -0.25) is 4.79 Å². The predicted octanol–water partition coefficient (Wildman–Crippen LogP) is 5.19. The van der Waals surface area contributed by atoms with Crippen LogP contribution in [-0.4, -0.2) is 26.2 Å². The molecule has 0 aliphatic carbocycles. The van der Waals surface area contributed by atoms with E-state index in [2.05, 4.69) is 16.8 Å². The summed E-state index contributed by atoms with van der Waals surface area (Å²) in [7, 11) is 1.62. The minimum absolute atomic E-state index is 0. The molecular weight excluding hydrogens is 600 g/mol. The van der Waals surface area contributed by atoms with E-state index in [0.717, 1.165) is 17.7 Å². The van der Waals surface area contributed by atoms with Crippen molar-refractivity contribution in [3.05, 3.63) is 65.1 Å². The summed E-state index contributed by atoms with van der Waals surface area (Å²) in [6.45, 7) is 3.53. The molecule has 1 N–H and O–H groups in total. The molecule has 0 bridgehead atoms. The smallest absolute Gasteiger partial charge is 0.262 e. The molecule has 3 aromatic rings. The van der Waals surface area contributed by atoms with Gasteiger partial charge in [0.1, 0.15) is 5.75 Å². The topological polar surface area (TPSA) is 60.7 Å². The van der Waals surface area contributed by atoms with Gasteiger partial charge in [-0.25, -0.2) is 0 Å². The third-order valence-corrected chi connectivity index (χ3v) is 7.60. The SMILES string of the molecule is CCCCCCCCCCCCCCOc1ccc(OCC(=O)Nc2ccccc2C[n+]2ccsc2)cc1OC.[Br-]. The van der Waals surface area contributed by atoms with Crippen LogP contribution < -0.4 is 41.1 Å². The lowest BCUT2D eigenvalue weighted by atomic mass is 10.1. The zero-order chi connectivity index (χ0) is 28.3. The Morgan fingerprint density at radius 3 is 2.20 bits per heavy atom. The number of nitrogens with zero attached hydrogens (tertiary/aromatic N) is 1. The number of aromatic nitrogens is 1. The third-order valence-electron chi connectivity index (χ3n) is 6.93. The maximum Gasteiger partial charge on any atom is 0.262 e. The Morgan fingerprint density at radius 2 is 1.54 bits per heavy atom. The van der Waals surface area contributed by atoms with Crippen LogP contribution in [0.1, 0.15) is 89.5 Å². The van der Waals surface area contributed by atoms with Crippen molar-refractivity contribution in [2.45, 2.75) is 90.5 Å². The van der Waals surface area contributed by atoms with Gasteiger partial charge in [0.15, 0.2) is 30.8 Å². The van der Waals surface area contributed by atoms with Crippen LogP contribution in [0.2, 0.25) is 0 Å². The van der Waals surface area contributed by atoms with Crippen molar-refractivity contribution in [3.8, 4) is 17.2 Å². The van der Waals surface area contributed by atoms with Gasteiger partial charge in [0.05, 0.1) is 24.8 Å². The number of hydrogen-bond donors (Lipinski definition) is 1. The van der Waals surface area contributed by atoms with Crippen LogP contribution in [0.4, 0.5) is 5.69 Å². The Labute approximate surface area is 261 Å². The largest absolute Gasteiger partial charge is 1.00 e. The number of thiazole rings is 1. The van der Waals surface area contributed by atoms with Crippen LogP contribution >= 0.6 is 11.3 Å². The van der Waals surface area contributed by atoms with Gasteiger partial charge in [-0.05, 0) is 24.6 Å². The van der Waals surface area contributed by atoms with E-state index in [0.29, 0.717) is 30.4 Å². The minimum Gasteiger partial charge on any atom is -1.00 e. The van der Waals surface area contributed by atoms with Crippen molar-refractivity contribution in [3.63, 3.8) is 0 Å². The zero-order valence-corrected chi connectivity index (χ0v) is 27.1. The monoisotopic (exact) mass is 646 g/mol. The number of methoxy groups -OCH3 is 1. The first-order valence-electron chi connectivity index (χ1n) is 14.9. The molecule has 1 heterocycles. The molecular formula is C33H47BrN2O4S. The van der Waals surface area contributed by atoms with Crippen LogP contribution in [0, 0.1) is 0 Å². The Balaban J connectivity index is 0.00000588. The summed E-state index contributed by atoms with van der Waals surface area (Å²) in [6.07, 6.45) is 17.8. The molecule has 0 spiro atoms. The van der Waals surface area contributed by atoms with Gasteiger partial charge in [0.25, 0.3) is 5.91 Å². The first kappa shape index (κ1) is 34.6. The van der Waals surface area contributed by atoms with Crippen molar-refractivity contribution in [1.82, 2.24) is 0 Å². The Hall–Kier alpha value is -2.58. The fourth-order valence-corrected chi connectivity index (χ4v) is 5.24. The predicted molar refractivity (Wildman–Crippen MR) is 164 cm³/mol. The maximum absolute atomic E-state index is 12.6. The summed E-state index contributed by atoms with van der Waals surface area (Å²) in [5.74, 6) is 1.65. The van der Waals surface area contributed by atoms with Gasteiger partial charge in [-0.1, -0.05) is 107 Å². The number of anilines is 1. The number of unbranched alkanes of at least 4 members (excludes halogenated alkanes) is 11. The highest BCUT2D eigenvalue weighted by Crippen LogP contribution is 2.31. The van der Waals surface area contributed by atoms with Gasteiger partial charge >= 0.3 is 0 Å². The highest BCUT2D eigenvalue weighted by molar-refractivity contribution is 7.07. The van der Waals surface area contributed by atoms with Gasteiger partial charge in [0.2, 0.25) is 5.51 Å². The van der Waals surface area contributed by atoms with E-state index in [1.54, 1.807) is 24.5 Å². The van der Waals surface area contributed by atoms with E-state index in [4.69, 9.17) is 14.2 Å². The molecule has 1 amide bonds. The minimum atomic E-state index is -0.214. The van der Waals surface area contributed by atoms with Crippen molar-refractivity contribution >= 4 is 22.9 Å². The van der Waals surface area contributed by atoms with Gasteiger partial charge < -0.3 is 36.5 Å². The second-order valence-electron chi connectivity index (χ2n) is 10.2. The molecule has 0 aliphatic heterocycles. The van der Waals surface area contributed by atoms with E-state index in [1.807, 2.05) is 53.5 Å². The summed E-state index contributed by atoms with van der Waals surface area (Å²) >= 11 is 1.64. The Bertz CT molecular complexity index is 1110. The summed E-state index contributed by atoms with van der Waals surface area (Å²) in [4.78, 5) is 12.6. The summed E-state index contributed by atoms with van der Waals surface area (Å²) < 4.78 is 19.3. The fraction of sp³-hybridized carbons (Fsp3) is 0.515. The molecule has 3 rings (SSSR count). The van der Waals surface area contributed by atoms with E-state index in [9.17, 15) is 4.79 Å². The normalized spacial score (nSPS) is 10.6. The van der Waals surface area contributed by atoms with Crippen LogP contribution in [-0.2, 0) is 11.3 Å². The highest BCUT2D eigenvalue weighted by atomic mass is 79.9. The summed E-state index contributed by atoms with van der Waals surface area (Å²) in [5.41, 5.74) is 3.87. The lowest BCUT2D eigenvalue weighted by molar-refractivity contribution is -0.683. The molecule has 226 valence electrons. The maximum atomic E-state index is 12.6. The first-order chi connectivity index (χ1) is 19.7. The average molecular weight is 648 g/mol. The van der Waals surface area contributed by atoms with Gasteiger partial charge in [-0.15, -0.1) is 0 Å². The average Bonchev–Trinajstić information content (AvgIpc) is 3.49. The van der Waals surface area contributed by atoms with Crippen LogP contribution in [0.15, 0.2) is 59.6 Å². The van der Waals surface area contributed by atoms with Crippen molar-refractivity contribution in [1.29, 1.82) is 0 Å². The van der Waals surface area contributed by atoms with Gasteiger partial charge in [0, 0.05) is 11.6 Å². The number of hydrogen-bond acceptors (Lipinski definition) is 5. The molecule has 6 nitrogen and oxygen atoms in total. The molecule has 0 atom stereocenters. The van der Waals surface area contributed by atoms with Crippen LogP contribution in [0.3, 0.4) is 0 Å². The number of benzene rings is 2. The van der Waals surface area contributed by atoms with Crippen molar-refractivity contribution < 1.29 is 40.6 Å². The molecule has 0 radical (unpaired) electrons. The van der Waals surface area contributed by atoms with Crippen LogP contribution in [0.25, 0.3) is 0 Å². The molecule has 1 aromatic heterocycles. The number of amides is 1. The number of para-hydroxylation sites is 1. The quantitative estimate of drug-likeness (QED) is 0.128. The number of nitrogens with one attached hydrogen (secondary N) is 1. The molecule has 0 saturated heterocycles. The van der Waals surface area contributed by atoms with E-state index < -0.39 is 0 Å². The third kappa shape index (κ3) is 13.8. The standard InChI is InChI=1S/C33H46N2O4S.BrH/c1-3-4-5-6-7-8-9-10-11-12-13-16-22-38-31-20-19-29(24-32(31)37-2)39-26-33(36)34-30-18-15-14-17-28(30)25-35-21-23-40-27-35;/h14-15,17-21,23-24,27H,3-13,16,22,25-26H2,1-2H3;1H. The lowest BCUT2D eigenvalue weighted by Crippen LogP contribution is -3.00. The van der Waals surface area contributed by atoms with Gasteiger partial charge in [-0.2, -0.15) is 4.57 Å².